The standard InChI is InChI=1S/C29H33Cl2N3O4S/c1-20-13-15-24(16-14-20)39(37,38)34(26-12-7-6-11-25(26)31)19-27(35)33(18-22-9-8-10-23(30)17-22)21(2)28(36)32-29(3,4)5/h6-17,21H,18-19H2,1-5H3,(H,32,36). The van der Waals surface area contributed by atoms with E-state index in [-0.39, 0.29) is 28.1 Å². The van der Waals surface area contributed by atoms with Gasteiger partial charge in [0.25, 0.3) is 10.0 Å². The first-order chi connectivity index (χ1) is 18.2. The highest BCUT2D eigenvalue weighted by Crippen LogP contribution is 2.31. The van der Waals surface area contributed by atoms with E-state index in [2.05, 4.69) is 5.32 Å². The van der Waals surface area contributed by atoms with Gasteiger partial charge in [-0.25, -0.2) is 8.42 Å². The van der Waals surface area contributed by atoms with Gasteiger partial charge in [0.2, 0.25) is 11.8 Å². The van der Waals surface area contributed by atoms with Gasteiger partial charge in [-0.15, -0.1) is 0 Å². The molecule has 0 heterocycles. The minimum Gasteiger partial charge on any atom is -0.350 e. The molecule has 0 aliphatic rings. The summed E-state index contributed by atoms with van der Waals surface area (Å²) in [6.45, 7) is 8.45. The van der Waals surface area contributed by atoms with Crippen molar-refractivity contribution in [2.75, 3.05) is 10.8 Å². The van der Waals surface area contributed by atoms with E-state index >= 15 is 0 Å². The second kappa shape index (κ2) is 12.4. The Balaban J connectivity index is 2.05. The number of halogens is 2. The number of aryl methyl sites for hydroxylation is 1. The van der Waals surface area contributed by atoms with Crippen LogP contribution < -0.4 is 9.62 Å². The molecule has 1 unspecified atom stereocenters. The van der Waals surface area contributed by atoms with Gasteiger partial charge in [0, 0.05) is 17.1 Å². The minimum absolute atomic E-state index is 0.0146. The Morgan fingerprint density at radius 1 is 0.949 bits per heavy atom. The van der Waals surface area contributed by atoms with Gasteiger partial charge < -0.3 is 10.2 Å². The van der Waals surface area contributed by atoms with E-state index in [4.69, 9.17) is 23.2 Å². The summed E-state index contributed by atoms with van der Waals surface area (Å²) >= 11 is 12.6. The zero-order chi connectivity index (χ0) is 29.0. The van der Waals surface area contributed by atoms with Crippen LogP contribution in [0.1, 0.15) is 38.8 Å². The number of nitrogens with zero attached hydrogens (tertiary/aromatic N) is 2. The molecule has 1 N–H and O–H groups in total. The first kappa shape index (κ1) is 30.5. The molecule has 0 aliphatic carbocycles. The highest BCUT2D eigenvalue weighted by atomic mass is 35.5. The normalized spacial score (nSPS) is 12.5. The molecule has 0 aromatic heterocycles. The summed E-state index contributed by atoms with van der Waals surface area (Å²) in [7, 11) is -4.20. The van der Waals surface area contributed by atoms with Crippen LogP contribution in [-0.2, 0) is 26.2 Å². The molecule has 2 amide bonds. The van der Waals surface area contributed by atoms with Crippen molar-refractivity contribution in [2.24, 2.45) is 0 Å². The summed E-state index contributed by atoms with van der Waals surface area (Å²) in [5.41, 5.74) is 1.20. The van der Waals surface area contributed by atoms with E-state index in [9.17, 15) is 18.0 Å². The lowest BCUT2D eigenvalue weighted by Gasteiger charge is -2.33. The molecule has 0 saturated carbocycles. The van der Waals surface area contributed by atoms with Crippen LogP contribution in [0, 0.1) is 6.92 Å². The maximum atomic E-state index is 13.9. The maximum absolute atomic E-state index is 13.9. The van der Waals surface area contributed by atoms with E-state index in [0.717, 1.165) is 9.87 Å². The predicted octanol–water partition coefficient (Wildman–Crippen LogP) is 5.83. The Hall–Kier alpha value is -3.07. The fourth-order valence-electron chi connectivity index (χ4n) is 3.89. The topological polar surface area (TPSA) is 86.8 Å². The highest BCUT2D eigenvalue weighted by Gasteiger charge is 2.34. The molecular weight excluding hydrogens is 557 g/mol. The van der Waals surface area contributed by atoms with Gasteiger partial charge in [-0.1, -0.05) is 65.2 Å². The zero-order valence-corrected chi connectivity index (χ0v) is 24.9. The molecule has 0 radical (unpaired) electrons. The molecule has 0 aliphatic heterocycles. The van der Waals surface area contributed by atoms with Gasteiger partial charge in [0.15, 0.2) is 0 Å². The highest BCUT2D eigenvalue weighted by molar-refractivity contribution is 7.92. The molecule has 0 spiro atoms. The lowest BCUT2D eigenvalue weighted by Crippen LogP contribution is -2.54. The van der Waals surface area contributed by atoms with Gasteiger partial charge >= 0.3 is 0 Å². The number of amides is 2. The van der Waals surface area contributed by atoms with Gasteiger partial charge in [-0.05, 0) is 76.6 Å². The molecule has 10 heteroatoms. The maximum Gasteiger partial charge on any atom is 0.264 e. The average Bonchev–Trinajstić information content (AvgIpc) is 2.85. The number of carbonyl (C=O) groups excluding carboxylic acids is 2. The van der Waals surface area contributed by atoms with Gasteiger partial charge in [0.05, 0.1) is 15.6 Å². The number of sulfonamides is 1. The Kier molecular flexibility index (Phi) is 9.69. The zero-order valence-electron chi connectivity index (χ0n) is 22.6. The Morgan fingerprint density at radius 2 is 1.59 bits per heavy atom. The first-order valence-corrected chi connectivity index (χ1v) is 14.6. The summed E-state index contributed by atoms with van der Waals surface area (Å²) in [4.78, 5) is 28.4. The van der Waals surface area contributed by atoms with E-state index in [1.807, 2.05) is 27.7 Å². The van der Waals surface area contributed by atoms with E-state index < -0.39 is 34.1 Å². The van der Waals surface area contributed by atoms with E-state index in [0.29, 0.717) is 10.6 Å². The lowest BCUT2D eigenvalue weighted by atomic mass is 10.1. The molecule has 7 nitrogen and oxygen atoms in total. The number of hydrogen-bond acceptors (Lipinski definition) is 4. The van der Waals surface area contributed by atoms with Crippen LogP contribution >= 0.6 is 23.2 Å². The summed E-state index contributed by atoms with van der Waals surface area (Å²) in [5.74, 6) is -0.953. The number of para-hydroxylation sites is 1. The Labute approximate surface area is 240 Å². The van der Waals surface area contributed by atoms with E-state index in [1.165, 1.54) is 17.0 Å². The third-order valence-electron chi connectivity index (χ3n) is 5.92. The summed E-state index contributed by atoms with van der Waals surface area (Å²) in [5, 5.41) is 3.54. The average molecular weight is 591 g/mol. The minimum atomic E-state index is -4.20. The summed E-state index contributed by atoms with van der Waals surface area (Å²) < 4.78 is 28.7. The van der Waals surface area contributed by atoms with Crippen LogP contribution in [-0.4, -0.2) is 43.3 Å². The second-order valence-corrected chi connectivity index (χ2v) is 13.0. The molecule has 0 fully saturated rings. The first-order valence-electron chi connectivity index (χ1n) is 12.4. The largest absolute Gasteiger partial charge is 0.350 e. The second-order valence-electron chi connectivity index (χ2n) is 10.3. The van der Waals surface area contributed by atoms with Crippen molar-refractivity contribution in [2.45, 2.75) is 57.6 Å². The van der Waals surface area contributed by atoms with Crippen LogP contribution in [0.25, 0.3) is 0 Å². The van der Waals surface area contributed by atoms with Crippen molar-refractivity contribution < 1.29 is 18.0 Å². The van der Waals surface area contributed by atoms with Crippen molar-refractivity contribution in [1.29, 1.82) is 0 Å². The van der Waals surface area contributed by atoms with Crippen LogP contribution in [0.2, 0.25) is 10.0 Å². The third kappa shape index (κ3) is 7.97. The molecule has 0 saturated heterocycles. The molecule has 1 atom stereocenters. The van der Waals surface area contributed by atoms with Crippen LogP contribution in [0.4, 0.5) is 5.69 Å². The van der Waals surface area contributed by atoms with Crippen molar-refractivity contribution in [3.63, 3.8) is 0 Å². The van der Waals surface area contributed by atoms with Crippen LogP contribution in [0.3, 0.4) is 0 Å². The number of hydrogen-bond donors (Lipinski definition) is 1. The predicted molar refractivity (Wildman–Crippen MR) is 157 cm³/mol. The molecule has 3 aromatic rings. The molecule has 3 rings (SSSR count). The third-order valence-corrected chi connectivity index (χ3v) is 8.25. The quantitative estimate of drug-likeness (QED) is 0.340. The lowest BCUT2D eigenvalue weighted by molar-refractivity contribution is -0.140. The fraction of sp³-hybridized carbons (Fsp3) is 0.310. The fourth-order valence-corrected chi connectivity index (χ4v) is 5.83. The molecule has 208 valence electrons. The van der Waals surface area contributed by atoms with Crippen molar-refractivity contribution in [1.82, 2.24) is 10.2 Å². The summed E-state index contributed by atoms with van der Waals surface area (Å²) in [6.07, 6.45) is 0. The van der Waals surface area contributed by atoms with Gasteiger partial charge in [0.1, 0.15) is 12.6 Å². The van der Waals surface area contributed by atoms with Crippen LogP contribution in [0.15, 0.2) is 77.7 Å². The number of rotatable bonds is 9. The molecule has 0 bridgehead atoms. The van der Waals surface area contributed by atoms with Gasteiger partial charge in [-0.2, -0.15) is 0 Å². The van der Waals surface area contributed by atoms with E-state index in [1.54, 1.807) is 67.6 Å². The van der Waals surface area contributed by atoms with Crippen molar-refractivity contribution >= 4 is 50.7 Å². The van der Waals surface area contributed by atoms with Crippen LogP contribution in [0.5, 0.6) is 0 Å². The molecular formula is C29H33Cl2N3O4S. The molecule has 39 heavy (non-hydrogen) atoms. The Bertz CT molecular complexity index is 1440. The number of benzene rings is 3. The van der Waals surface area contributed by atoms with Crippen molar-refractivity contribution in [3.8, 4) is 0 Å². The Morgan fingerprint density at radius 3 is 2.18 bits per heavy atom. The number of carbonyl (C=O) groups is 2. The smallest absolute Gasteiger partial charge is 0.264 e. The monoisotopic (exact) mass is 589 g/mol. The summed E-state index contributed by atoms with van der Waals surface area (Å²) in [6, 6.07) is 18.8. The number of nitrogens with one attached hydrogen (secondary N) is 1. The molecule has 3 aromatic carbocycles. The van der Waals surface area contributed by atoms with Crippen molar-refractivity contribution in [3.05, 3.63) is 94.0 Å². The number of anilines is 1. The van der Waals surface area contributed by atoms with Gasteiger partial charge in [-0.3, -0.25) is 13.9 Å². The SMILES string of the molecule is Cc1ccc(S(=O)(=O)N(CC(=O)N(Cc2cccc(Cl)c2)C(C)C(=O)NC(C)(C)C)c2ccccc2Cl)cc1.